The average Bonchev–Trinajstić information content (AvgIpc) is 3.06. The van der Waals surface area contributed by atoms with Crippen molar-refractivity contribution in [3.8, 4) is 11.5 Å². The molecule has 2 aliphatic rings. The number of methoxy groups -OCH3 is 1. The molecule has 0 aromatic heterocycles. The molecular formula is C20H21BrN2O2. The summed E-state index contributed by atoms with van der Waals surface area (Å²) in [6.07, 6.45) is 0.810. The lowest BCUT2D eigenvalue weighted by Gasteiger charge is -2.40. The highest BCUT2D eigenvalue weighted by molar-refractivity contribution is 9.10. The molecule has 4 rings (SSSR count). The molecule has 2 atom stereocenters. The Hall–Kier alpha value is -2.01. The third-order valence-electron chi connectivity index (χ3n) is 4.75. The molecule has 2 heterocycles. The van der Waals surface area contributed by atoms with Crippen LogP contribution in [0, 0.1) is 5.92 Å². The van der Waals surface area contributed by atoms with Crippen molar-refractivity contribution in [2.45, 2.75) is 32.5 Å². The standard InChI is InChI=1S/C20H21BrN2O2/c1-12(2)20-23-18(16-10-14(21)7-8-19(16)25-20)11-17(22-23)13-5-4-6-15(9-13)24-3/h4-10,12,18,20H,11H2,1-3H3. The Balaban J connectivity index is 1.75. The van der Waals surface area contributed by atoms with Gasteiger partial charge in [0.15, 0.2) is 6.23 Å². The first-order valence-corrected chi connectivity index (χ1v) is 9.32. The van der Waals surface area contributed by atoms with E-state index in [1.54, 1.807) is 7.11 Å². The maximum Gasteiger partial charge on any atom is 0.190 e. The number of fused-ring (bicyclic) bond motifs is 3. The number of rotatable bonds is 3. The molecule has 0 aliphatic carbocycles. The lowest BCUT2D eigenvalue weighted by molar-refractivity contribution is -0.0461. The summed E-state index contributed by atoms with van der Waals surface area (Å²) < 4.78 is 12.7. The number of ether oxygens (including phenoxy) is 2. The van der Waals surface area contributed by atoms with Gasteiger partial charge >= 0.3 is 0 Å². The number of hydrazone groups is 1. The van der Waals surface area contributed by atoms with Crippen molar-refractivity contribution in [1.29, 1.82) is 0 Å². The molecule has 2 aromatic carbocycles. The van der Waals surface area contributed by atoms with Crippen molar-refractivity contribution in [2.24, 2.45) is 11.0 Å². The Morgan fingerprint density at radius 1 is 1.24 bits per heavy atom. The first-order chi connectivity index (χ1) is 12.1. The summed E-state index contributed by atoms with van der Waals surface area (Å²) in [7, 11) is 1.69. The SMILES string of the molecule is COc1cccc(C2=NN3C(C2)c2cc(Br)ccc2OC3C(C)C)c1. The van der Waals surface area contributed by atoms with Crippen molar-refractivity contribution in [2.75, 3.05) is 7.11 Å². The number of hydrogen-bond acceptors (Lipinski definition) is 4. The van der Waals surface area contributed by atoms with E-state index in [4.69, 9.17) is 14.6 Å². The van der Waals surface area contributed by atoms with Crippen LogP contribution < -0.4 is 9.47 Å². The van der Waals surface area contributed by atoms with E-state index >= 15 is 0 Å². The molecule has 4 nitrogen and oxygen atoms in total. The maximum absolute atomic E-state index is 6.26. The quantitative estimate of drug-likeness (QED) is 0.727. The van der Waals surface area contributed by atoms with Crippen LogP contribution in [0.5, 0.6) is 11.5 Å². The summed E-state index contributed by atoms with van der Waals surface area (Å²) in [5.41, 5.74) is 3.37. The van der Waals surface area contributed by atoms with Crippen LogP contribution in [0.4, 0.5) is 0 Å². The molecule has 2 aromatic rings. The third kappa shape index (κ3) is 2.91. The molecular weight excluding hydrogens is 380 g/mol. The Kier molecular flexibility index (Phi) is 4.20. The van der Waals surface area contributed by atoms with E-state index in [1.807, 2.05) is 24.3 Å². The van der Waals surface area contributed by atoms with E-state index in [9.17, 15) is 0 Å². The van der Waals surface area contributed by atoms with E-state index in [1.165, 1.54) is 5.56 Å². The normalized spacial score (nSPS) is 21.5. The number of hydrogen-bond donors (Lipinski definition) is 0. The zero-order valence-electron chi connectivity index (χ0n) is 14.6. The number of nitrogens with zero attached hydrogens (tertiary/aromatic N) is 2. The Labute approximate surface area is 156 Å². The molecule has 0 amide bonds. The molecule has 0 radical (unpaired) electrons. The maximum atomic E-state index is 6.26. The van der Waals surface area contributed by atoms with Crippen LogP contribution in [0.1, 0.15) is 37.4 Å². The summed E-state index contributed by atoms with van der Waals surface area (Å²) in [5.74, 6) is 2.16. The van der Waals surface area contributed by atoms with E-state index < -0.39 is 0 Å². The predicted octanol–water partition coefficient (Wildman–Crippen LogP) is 4.98. The van der Waals surface area contributed by atoms with Crippen LogP contribution >= 0.6 is 15.9 Å². The van der Waals surface area contributed by atoms with Crippen LogP contribution in [-0.2, 0) is 0 Å². The third-order valence-corrected chi connectivity index (χ3v) is 5.25. The molecule has 2 unspecified atom stereocenters. The number of halogens is 1. The van der Waals surface area contributed by atoms with E-state index in [0.717, 1.165) is 33.7 Å². The van der Waals surface area contributed by atoms with Crippen LogP contribution in [0.15, 0.2) is 52.0 Å². The van der Waals surface area contributed by atoms with Gasteiger partial charge in [0.05, 0.1) is 18.9 Å². The molecule has 0 spiro atoms. The second-order valence-electron chi connectivity index (χ2n) is 6.81. The first-order valence-electron chi connectivity index (χ1n) is 8.53. The van der Waals surface area contributed by atoms with Gasteiger partial charge in [-0.1, -0.05) is 41.9 Å². The predicted molar refractivity (Wildman–Crippen MR) is 102 cm³/mol. The van der Waals surface area contributed by atoms with Crippen LogP contribution in [-0.4, -0.2) is 24.1 Å². The van der Waals surface area contributed by atoms with E-state index in [2.05, 4.69) is 53.0 Å². The summed E-state index contributed by atoms with van der Waals surface area (Å²) in [6.45, 7) is 4.34. The Morgan fingerprint density at radius 3 is 2.84 bits per heavy atom. The van der Waals surface area contributed by atoms with Gasteiger partial charge in [0.2, 0.25) is 0 Å². The first kappa shape index (κ1) is 16.5. The molecule has 0 saturated carbocycles. The fraction of sp³-hybridized carbons (Fsp3) is 0.350. The molecule has 5 heteroatoms. The van der Waals surface area contributed by atoms with Gasteiger partial charge in [-0.05, 0) is 30.3 Å². The summed E-state index contributed by atoms with van der Waals surface area (Å²) >= 11 is 3.58. The van der Waals surface area contributed by atoms with Crippen molar-refractivity contribution in [1.82, 2.24) is 5.01 Å². The summed E-state index contributed by atoms with van der Waals surface area (Å²) in [5, 5.41) is 7.07. The van der Waals surface area contributed by atoms with E-state index in [-0.39, 0.29) is 12.3 Å². The van der Waals surface area contributed by atoms with Crippen molar-refractivity contribution >= 4 is 21.6 Å². The second-order valence-corrected chi connectivity index (χ2v) is 7.73. The van der Waals surface area contributed by atoms with Crippen molar-refractivity contribution in [3.05, 3.63) is 58.1 Å². The second kappa shape index (κ2) is 6.37. The minimum absolute atomic E-state index is 0.0539. The van der Waals surface area contributed by atoms with Crippen molar-refractivity contribution in [3.63, 3.8) is 0 Å². The van der Waals surface area contributed by atoms with Crippen molar-refractivity contribution < 1.29 is 9.47 Å². The van der Waals surface area contributed by atoms with Gasteiger partial charge in [-0.3, -0.25) is 0 Å². The molecule has 0 N–H and O–H groups in total. The molecule has 0 fully saturated rings. The van der Waals surface area contributed by atoms with E-state index in [0.29, 0.717) is 5.92 Å². The minimum Gasteiger partial charge on any atom is -0.497 e. The highest BCUT2D eigenvalue weighted by Gasteiger charge is 2.41. The van der Waals surface area contributed by atoms with Gasteiger partial charge < -0.3 is 9.47 Å². The highest BCUT2D eigenvalue weighted by atomic mass is 79.9. The molecule has 0 saturated heterocycles. The topological polar surface area (TPSA) is 34.1 Å². The minimum atomic E-state index is -0.0539. The lowest BCUT2D eigenvalue weighted by atomic mass is 9.95. The number of benzene rings is 2. The average molecular weight is 401 g/mol. The largest absolute Gasteiger partial charge is 0.497 e. The Morgan fingerprint density at radius 2 is 2.08 bits per heavy atom. The molecule has 2 aliphatic heterocycles. The van der Waals surface area contributed by atoms with Crippen LogP contribution in [0.2, 0.25) is 0 Å². The highest BCUT2D eigenvalue weighted by Crippen LogP contribution is 2.45. The Bertz CT molecular complexity index is 834. The fourth-order valence-corrected chi connectivity index (χ4v) is 3.88. The fourth-order valence-electron chi connectivity index (χ4n) is 3.50. The lowest BCUT2D eigenvalue weighted by Crippen LogP contribution is -2.43. The smallest absolute Gasteiger partial charge is 0.190 e. The summed E-state index contributed by atoms with van der Waals surface area (Å²) in [4.78, 5) is 0. The van der Waals surface area contributed by atoms with Gasteiger partial charge in [0.1, 0.15) is 11.5 Å². The van der Waals surface area contributed by atoms with Gasteiger partial charge in [0, 0.05) is 27.9 Å². The zero-order chi connectivity index (χ0) is 17.6. The molecule has 25 heavy (non-hydrogen) atoms. The van der Waals surface area contributed by atoms with Crippen LogP contribution in [0.25, 0.3) is 0 Å². The van der Waals surface area contributed by atoms with Crippen LogP contribution in [0.3, 0.4) is 0 Å². The zero-order valence-corrected chi connectivity index (χ0v) is 16.2. The molecule has 0 bridgehead atoms. The van der Waals surface area contributed by atoms with Gasteiger partial charge in [-0.15, -0.1) is 0 Å². The van der Waals surface area contributed by atoms with Gasteiger partial charge in [0.25, 0.3) is 0 Å². The summed E-state index contributed by atoms with van der Waals surface area (Å²) in [6, 6.07) is 14.5. The molecule has 130 valence electrons. The monoisotopic (exact) mass is 400 g/mol. The van der Waals surface area contributed by atoms with Gasteiger partial charge in [-0.2, -0.15) is 5.10 Å². The van der Waals surface area contributed by atoms with Gasteiger partial charge in [-0.25, -0.2) is 5.01 Å².